The van der Waals surface area contributed by atoms with Gasteiger partial charge < -0.3 is 9.73 Å². The van der Waals surface area contributed by atoms with Crippen LogP contribution < -0.4 is 10.0 Å². The Balaban J connectivity index is 2.07. The zero-order chi connectivity index (χ0) is 17.0. The maximum absolute atomic E-state index is 12.1. The molecule has 0 atom stereocenters. The van der Waals surface area contributed by atoms with Gasteiger partial charge in [-0.05, 0) is 59.6 Å². The van der Waals surface area contributed by atoms with E-state index >= 15 is 0 Å². The minimum absolute atomic E-state index is 0.165. The first kappa shape index (κ1) is 17.7. The Morgan fingerprint density at radius 2 is 2.00 bits per heavy atom. The number of nitrogens with one attached hydrogen (secondary N) is 2. The molecule has 1 aromatic carbocycles. The van der Waals surface area contributed by atoms with E-state index in [0.717, 1.165) is 0 Å². The highest BCUT2D eigenvalue weighted by Gasteiger charge is 2.16. The van der Waals surface area contributed by atoms with E-state index in [1.165, 1.54) is 12.1 Å². The number of amides is 1. The molecule has 23 heavy (non-hydrogen) atoms. The Labute approximate surface area is 143 Å². The maximum atomic E-state index is 12.1. The first-order valence-electron chi connectivity index (χ1n) is 6.93. The van der Waals surface area contributed by atoms with Crippen LogP contribution in [-0.2, 0) is 16.6 Å². The van der Waals surface area contributed by atoms with Crippen molar-refractivity contribution in [1.29, 1.82) is 0 Å². The number of halogens is 1. The number of hydrogen-bond donors (Lipinski definition) is 2. The Morgan fingerprint density at radius 3 is 2.61 bits per heavy atom. The van der Waals surface area contributed by atoms with E-state index in [1.807, 2.05) is 0 Å². The first-order valence-corrected chi connectivity index (χ1v) is 9.20. The number of rotatable bonds is 6. The van der Waals surface area contributed by atoms with E-state index in [9.17, 15) is 13.2 Å². The molecule has 124 valence electrons. The number of sulfonamides is 1. The molecule has 0 radical (unpaired) electrons. The molecule has 0 aliphatic heterocycles. The smallest absolute Gasteiger partial charge is 0.287 e. The third-order valence-electron chi connectivity index (χ3n) is 2.85. The van der Waals surface area contributed by atoms with E-state index in [-0.39, 0.29) is 29.1 Å². The summed E-state index contributed by atoms with van der Waals surface area (Å²) in [6, 6.07) is 9.41. The molecule has 0 spiro atoms. The van der Waals surface area contributed by atoms with Gasteiger partial charge in [0.1, 0.15) is 0 Å². The van der Waals surface area contributed by atoms with Gasteiger partial charge in [0.2, 0.25) is 10.0 Å². The van der Waals surface area contributed by atoms with Crippen molar-refractivity contribution in [3.63, 3.8) is 0 Å². The molecule has 6 nitrogen and oxygen atoms in total. The van der Waals surface area contributed by atoms with Crippen LogP contribution in [0.1, 0.15) is 30.0 Å². The molecule has 0 fully saturated rings. The number of benzene rings is 1. The molecule has 8 heteroatoms. The fourth-order valence-corrected chi connectivity index (χ4v) is 3.53. The van der Waals surface area contributed by atoms with Crippen LogP contribution in [0, 0.1) is 0 Å². The van der Waals surface area contributed by atoms with Crippen molar-refractivity contribution in [3.05, 3.63) is 52.4 Å². The molecular weight excluding hydrogens is 384 g/mol. The second kappa shape index (κ2) is 7.29. The second-order valence-electron chi connectivity index (χ2n) is 5.21. The highest BCUT2D eigenvalue weighted by atomic mass is 79.9. The highest BCUT2D eigenvalue weighted by molar-refractivity contribution is 9.10. The molecular formula is C15H17BrN2O4S. The van der Waals surface area contributed by atoms with E-state index in [4.69, 9.17) is 4.42 Å². The summed E-state index contributed by atoms with van der Waals surface area (Å²) in [4.78, 5) is 12.1. The summed E-state index contributed by atoms with van der Waals surface area (Å²) in [6.07, 6.45) is 0. The molecule has 1 heterocycles. The van der Waals surface area contributed by atoms with Crippen LogP contribution >= 0.6 is 15.9 Å². The third kappa shape index (κ3) is 4.92. The van der Waals surface area contributed by atoms with Gasteiger partial charge in [-0.15, -0.1) is 0 Å². The van der Waals surface area contributed by atoms with Crippen LogP contribution in [0.2, 0.25) is 0 Å². The van der Waals surface area contributed by atoms with Crippen LogP contribution in [0.5, 0.6) is 0 Å². The topological polar surface area (TPSA) is 88.4 Å². The first-order chi connectivity index (χ1) is 10.8. The average molecular weight is 401 g/mol. The Hall–Kier alpha value is -1.64. The molecule has 0 aliphatic rings. The minimum Gasteiger partial charge on any atom is -0.444 e. The van der Waals surface area contributed by atoms with Gasteiger partial charge in [0.15, 0.2) is 10.4 Å². The van der Waals surface area contributed by atoms with Gasteiger partial charge in [-0.2, -0.15) is 0 Å². The quantitative estimate of drug-likeness (QED) is 0.779. The van der Waals surface area contributed by atoms with E-state index in [0.29, 0.717) is 10.2 Å². The SMILES string of the molecule is CC(C)NS(=O)(=O)c1cccc(CNC(=O)c2ccc(Br)o2)c1. The molecule has 0 aliphatic carbocycles. The van der Waals surface area contributed by atoms with Crippen LogP contribution in [0.25, 0.3) is 0 Å². The van der Waals surface area contributed by atoms with Crippen molar-refractivity contribution in [2.24, 2.45) is 0 Å². The van der Waals surface area contributed by atoms with Gasteiger partial charge in [0.05, 0.1) is 4.90 Å². The summed E-state index contributed by atoms with van der Waals surface area (Å²) in [6.45, 7) is 3.70. The number of carbonyl (C=O) groups excluding carboxylic acids is 1. The second-order valence-corrected chi connectivity index (χ2v) is 7.71. The number of furan rings is 1. The number of hydrogen-bond acceptors (Lipinski definition) is 4. The van der Waals surface area contributed by atoms with Crippen molar-refractivity contribution < 1.29 is 17.6 Å². The molecule has 1 aromatic heterocycles. The Morgan fingerprint density at radius 1 is 1.26 bits per heavy atom. The molecule has 0 saturated carbocycles. The zero-order valence-electron chi connectivity index (χ0n) is 12.7. The Kier molecular flexibility index (Phi) is 5.61. The summed E-state index contributed by atoms with van der Waals surface area (Å²) in [5.74, 6) is -0.189. The van der Waals surface area contributed by atoms with Crippen molar-refractivity contribution in [3.8, 4) is 0 Å². The summed E-state index contributed by atoms with van der Waals surface area (Å²) < 4.78 is 32.4. The predicted octanol–water partition coefficient (Wildman–Crippen LogP) is 2.66. The standard InChI is InChI=1S/C15H17BrN2O4S/c1-10(2)18-23(20,21)12-5-3-4-11(8-12)9-17-15(19)13-6-7-14(16)22-13/h3-8,10,18H,9H2,1-2H3,(H,17,19). The maximum Gasteiger partial charge on any atom is 0.287 e. The normalized spacial score (nSPS) is 11.7. The molecule has 2 N–H and O–H groups in total. The molecule has 2 aromatic rings. The molecule has 2 rings (SSSR count). The van der Waals surface area contributed by atoms with Gasteiger partial charge >= 0.3 is 0 Å². The van der Waals surface area contributed by atoms with E-state index in [1.54, 1.807) is 38.1 Å². The highest BCUT2D eigenvalue weighted by Crippen LogP contribution is 2.15. The van der Waals surface area contributed by atoms with Gasteiger partial charge in [0.25, 0.3) is 5.91 Å². The van der Waals surface area contributed by atoms with E-state index < -0.39 is 10.0 Å². The van der Waals surface area contributed by atoms with Gasteiger partial charge in [-0.25, -0.2) is 13.1 Å². The van der Waals surface area contributed by atoms with Crippen LogP contribution in [-0.4, -0.2) is 20.4 Å². The summed E-state index contributed by atoms with van der Waals surface area (Å²) >= 11 is 3.13. The van der Waals surface area contributed by atoms with Crippen LogP contribution in [0.15, 0.2) is 50.4 Å². The minimum atomic E-state index is -3.56. The van der Waals surface area contributed by atoms with Gasteiger partial charge in [-0.1, -0.05) is 12.1 Å². The average Bonchev–Trinajstić information content (AvgIpc) is 2.90. The van der Waals surface area contributed by atoms with Crippen molar-refractivity contribution in [2.45, 2.75) is 31.3 Å². The van der Waals surface area contributed by atoms with Gasteiger partial charge in [-0.3, -0.25) is 4.79 Å². The summed E-state index contributed by atoms with van der Waals surface area (Å²) in [5, 5.41) is 2.68. The lowest BCUT2D eigenvalue weighted by atomic mass is 10.2. The Bertz CT molecular complexity index is 799. The fourth-order valence-electron chi connectivity index (χ4n) is 1.91. The zero-order valence-corrected chi connectivity index (χ0v) is 15.1. The fraction of sp³-hybridized carbons (Fsp3) is 0.267. The van der Waals surface area contributed by atoms with Crippen molar-refractivity contribution >= 4 is 31.9 Å². The lowest BCUT2D eigenvalue weighted by Crippen LogP contribution is -2.30. The molecule has 0 unspecified atom stereocenters. The van der Waals surface area contributed by atoms with Crippen LogP contribution in [0.4, 0.5) is 0 Å². The van der Waals surface area contributed by atoms with Gasteiger partial charge in [0, 0.05) is 12.6 Å². The largest absolute Gasteiger partial charge is 0.444 e. The molecule has 0 bridgehead atoms. The number of carbonyl (C=O) groups is 1. The summed E-state index contributed by atoms with van der Waals surface area (Å²) in [7, 11) is -3.56. The van der Waals surface area contributed by atoms with E-state index in [2.05, 4.69) is 26.0 Å². The van der Waals surface area contributed by atoms with Crippen molar-refractivity contribution in [1.82, 2.24) is 10.0 Å². The molecule has 0 saturated heterocycles. The van der Waals surface area contributed by atoms with Crippen LogP contribution in [0.3, 0.4) is 0 Å². The molecule has 1 amide bonds. The lowest BCUT2D eigenvalue weighted by molar-refractivity contribution is 0.0922. The predicted molar refractivity (Wildman–Crippen MR) is 89.5 cm³/mol. The monoisotopic (exact) mass is 400 g/mol. The van der Waals surface area contributed by atoms with Crippen molar-refractivity contribution in [2.75, 3.05) is 0 Å². The third-order valence-corrected chi connectivity index (χ3v) is 4.93. The lowest BCUT2D eigenvalue weighted by Gasteiger charge is -2.11. The summed E-state index contributed by atoms with van der Waals surface area (Å²) in [5.41, 5.74) is 0.676.